The van der Waals surface area contributed by atoms with E-state index in [0.717, 1.165) is 36.5 Å². The Bertz CT molecular complexity index is 309. The molecule has 0 aliphatic rings. The molecular formula is C12H21N3. The molecule has 0 aliphatic heterocycles. The Kier molecular flexibility index (Phi) is 3.80. The molecule has 1 heterocycles. The van der Waals surface area contributed by atoms with Gasteiger partial charge in [-0.1, -0.05) is 20.8 Å². The average molecular weight is 207 g/mol. The number of nitrogens with two attached hydrogens (primary N) is 1. The highest BCUT2D eigenvalue weighted by Crippen LogP contribution is 2.18. The van der Waals surface area contributed by atoms with Gasteiger partial charge in [0.15, 0.2) is 0 Å². The molecule has 1 atom stereocenters. The van der Waals surface area contributed by atoms with Crippen LogP contribution in [0.25, 0.3) is 0 Å². The summed E-state index contributed by atoms with van der Waals surface area (Å²) in [5.74, 6) is 0.779. The Hall–Kier alpha value is -0.960. The van der Waals surface area contributed by atoms with E-state index in [-0.39, 0.29) is 0 Å². The highest BCUT2D eigenvalue weighted by atomic mass is 15.0. The van der Waals surface area contributed by atoms with Gasteiger partial charge in [-0.2, -0.15) is 0 Å². The second-order valence-electron chi connectivity index (χ2n) is 4.15. The largest absolute Gasteiger partial charge is 0.319 e. The SMILES string of the molecule is CCc1cc(CC)nc(C(C)(N)CC)n1. The number of nitrogens with zero attached hydrogens (tertiary/aromatic N) is 2. The van der Waals surface area contributed by atoms with E-state index in [1.54, 1.807) is 0 Å². The molecule has 1 rings (SSSR count). The van der Waals surface area contributed by atoms with Crippen LogP contribution < -0.4 is 5.73 Å². The summed E-state index contributed by atoms with van der Waals surface area (Å²) in [5.41, 5.74) is 7.92. The fraction of sp³-hybridized carbons (Fsp3) is 0.667. The molecule has 3 heteroatoms. The number of hydrogen-bond acceptors (Lipinski definition) is 3. The Labute approximate surface area is 92.1 Å². The van der Waals surface area contributed by atoms with E-state index in [2.05, 4.69) is 36.8 Å². The van der Waals surface area contributed by atoms with Gasteiger partial charge in [-0.25, -0.2) is 9.97 Å². The van der Waals surface area contributed by atoms with Gasteiger partial charge in [0.25, 0.3) is 0 Å². The fourth-order valence-electron chi connectivity index (χ4n) is 1.33. The molecule has 0 amide bonds. The Morgan fingerprint density at radius 3 is 1.93 bits per heavy atom. The average Bonchev–Trinajstić information content (AvgIpc) is 2.28. The Morgan fingerprint density at radius 2 is 1.60 bits per heavy atom. The van der Waals surface area contributed by atoms with Crippen molar-refractivity contribution in [2.75, 3.05) is 0 Å². The monoisotopic (exact) mass is 207 g/mol. The van der Waals surface area contributed by atoms with Crippen LogP contribution in [0.3, 0.4) is 0 Å². The lowest BCUT2D eigenvalue weighted by molar-refractivity contribution is 0.441. The summed E-state index contributed by atoms with van der Waals surface area (Å²) >= 11 is 0. The van der Waals surface area contributed by atoms with Gasteiger partial charge in [-0.3, -0.25) is 0 Å². The minimum Gasteiger partial charge on any atom is -0.319 e. The summed E-state index contributed by atoms with van der Waals surface area (Å²) in [5, 5.41) is 0. The summed E-state index contributed by atoms with van der Waals surface area (Å²) < 4.78 is 0. The lowest BCUT2D eigenvalue weighted by atomic mass is 9.99. The Morgan fingerprint density at radius 1 is 1.13 bits per heavy atom. The first-order chi connectivity index (χ1) is 7.03. The van der Waals surface area contributed by atoms with E-state index in [1.807, 2.05) is 6.92 Å². The van der Waals surface area contributed by atoms with Crippen molar-refractivity contribution in [2.45, 2.75) is 52.5 Å². The predicted octanol–water partition coefficient (Wildman–Crippen LogP) is 2.19. The fourth-order valence-corrected chi connectivity index (χ4v) is 1.33. The highest BCUT2D eigenvalue weighted by Gasteiger charge is 2.22. The quantitative estimate of drug-likeness (QED) is 0.823. The maximum Gasteiger partial charge on any atom is 0.148 e. The zero-order chi connectivity index (χ0) is 11.5. The summed E-state index contributed by atoms with van der Waals surface area (Å²) in [7, 11) is 0. The van der Waals surface area contributed by atoms with Crippen LogP contribution in [0.2, 0.25) is 0 Å². The predicted molar refractivity (Wildman–Crippen MR) is 62.6 cm³/mol. The van der Waals surface area contributed by atoms with E-state index in [4.69, 9.17) is 5.73 Å². The standard InChI is InChI=1S/C12H21N3/c1-5-9-8-10(6-2)15-11(14-9)12(4,13)7-3/h8H,5-7,13H2,1-4H3. The van der Waals surface area contributed by atoms with E-state index >= 15 is 0 Å². The van der Waals surface area contributed by atoms with Crippen LogP contribution in [0.1, 0.15) is 51.3 Å². The third kappa shape index (κ3) is 2.75. The van der Waals surface area contributed by atoms with E-state index in [9.17, 15) is 0 Å². The van der Waals surface area contributed by atoms with Crippen LogP contribution in [0, 0.1) is 0 Å². The van der Waals surface area contributed by atoms with Crippen molar-refractivity contribution in [2.24, 2.45) is 5.73 Å². The molecule has 0 spiro atoms. The maximum atomic E-state index is 6.16. The topological polar surface area (TPSA) is 51.8 Å². The minimum atomic E-state index is -0.408. The second kappa shape index (κ2) is 4.71. The molecule has 1 aromatic rings. The molecule has 0 saturated carbocycles. The molecule has 0 saturated heterocycles. The normalized spacial score (nSPS) is 15.0. The van der Waals surface area contributed by atoms with Crippen LogP contribution >= 0.6 is 0 Å². The molecule has 0 fully saturated rings. The van der Waals surface area contributed by atoms with Crippen LogP contribution in [-0.4, -0.2) is 9.97 Å². The third-order valence-corrected chi connectivity index (χ3v) is 2.80. The van der Waals surface area contributed by atoms with Gasteiger partial charge in [-0.05, 0) is 32.3 Å². The van der Waals surface area contributed by atoms with Gasteiger partial charge in [0.1, 0.15) is 5.82 Å². The summed E-state index contributed by atoms with van der Waals surface area (Å²) in [4.78, 5) is 9.01. The zero-order valence-electron chi connectivity index (χ0n) is 10.2. The van der Waals surface area contributed by atoms with Gasteiger partial charge in [-0.15, -0.1) is 0 Å². The number of aromatic nitrogens is 2. The molecule has 0 aliphatic carbocycles. The van der Waals surface area contributed by atoms with Crippen molar-refractivity contribution < 1.29 is 0 Å². The van der Waals surface area contributed by atoms with Crippen molar-refractivity contribution >= 4 is 0 Å². The summed E-state index contributed by atoms with van der Waals surface area (Å²) in [6, 6.07) is 2.06. The van der Waals surface area contributed by atoms with Crippen molar-refractivity contribution in [3.8, 4) is 0 Å². The molecule has 1 unspecified atom stereocenters. The van der Waals surface area contributed by atoms with Gasteiger partial charge in [0, 0.05) is 11.4 Å². The number of hydrogen-bond donors (Lipinski definition) is 1. The zero-order valence-corrected chi connectivity index (χ0v) is 10.2. The molecule has 3 nitrogen and oxygen atoms in total. The second-order valence-corrected chi connectivity index (χ2v) is 4.15. The lowest BCUT2D eigenvalue weighted by Crippen LogP contribution is -2.34. The molecule has 0 aromatic carbocycles. The van der Waals surface area contributed by atoms with Crippen LogP contribution in [0.5, 0.6) is 0 Å². The van der Waals surface area contributed by atoms with E-state index < -0.39 is 5.54 Å². The lowest BCUT2D eigenvalue weighted by Gasteiger charge is -2.21. The summed E-state index contributed by atoms with van der Waals surface area (Å²) in [6.07, 6.45) is 2.72. The van der Waals surface area contributed by atoms with Crippen molar-refractivity contribution in [3.05, 3.63) is 23.3 Å². The third-order valence-electron chi connectivity index (χ3n) is 2.80. The first-order valence-corrected chi connectivity index (χ1v) is 5.69. The number of aryl methyl sites for hydroxylation is 2. The van der Waals surface area contributed by atoms with Gasteiger partial charge in [0.2, 0.25) is 0 Å². The van der Waals surface area contributed by atoms with Crippen LogP contribution in [-0.2, 0) is 18.4 Å². The maximum absolute atomic E-state index is 6.16. The van der Waals surface area contributed by atoms with Gasteiger partial charge < -0.3 is 5.73 Å². The van der Waals surface area contributed by atoms with E-state index in [0.29, 0.717) is 0 Å². The summed E-state index contributed by atoms with van der Waals surface area (Å²) in [6.45, 7) is 8.26. The van der Waals surface area contributed by atoms with Crippen molar-refractivity contribution in [1.29, 1.82) is 0 Å². The molecule has 0 bridgehead atoms. The molecule has 84 valence electrons. The van der Waals surface area contributed by atoms with Crippen molar-refractivity contribution in [1.82, 2.24) is 9.97 Å². The first kappa shape index (κ1) is 12.1. The Balaban J connectivity index is 3.18. The van der Waals surface area contributed by atoms with Crippen LogP contribution in [0.4, 0.5) is 0 Å². The van der Waals surface area contributed by atoms with Crippen molar-refractivity contribution in [3.63, 3.8) is 0 Å². The van der Waals surface area contributed by atoms with Gasteiger partial charge >= 0.3 is 0 Å². The van der Waals surface area contributed by atoms with E-state index in [1.165, 1.54) is 0 Å². The molecule has 1 aromatic heterocycles. The smallest absolute Gasteiger partial charge is 0.148 e. The molecular weight excluding hydrogens is 186 g/mol. The van der Waals surface area contributed by atoms with Gasteiger partial charge in [0.05, 0.1) is 5.54 Å². The number of rotatable bonds is 4. The van der Waals surface area contributed by atoms with Crippen LogP contribution in [0.15, 0.2) is 6.07 Å². The molecule has 0 radical (unpaired) electrons. The highest BCUT2D eigenvalue weighted by molar-refractivity contribution is 5.15. The minimum absolute atomic E-state index is 0.408. The first-order valence-electron chi connectivity index (χ1n) is 5.69. The molecule has 2 N–H and O–H groups in total. The molecule has 15 heavy (non-hydrogen) atoms.